The van der Waals surface area contributed by atoms with Crippen LogP contribution in [0.2, 0.25) is 0 Å². The summed E-state index contributed by atoms with van der Waals surface area (Å²) in [6.45, 7) is 5.73. The van der Waals surface area contributed by atoms with Crippen LogP contribution >= 0.6 is 11.3 Å². The zero-order valence-electron chi connectivity index (χ0n) is 17.9. The standard InChI is InChI=1S/C23H30N2O4S/c1-4-22(26)24(12-13-28-3)15-23(27)25-11-9-21-18(10-14-30-21)19(25)16-29-20-8-6-5-7-17(20)2/h5-8,10,14,19H,4,9,11-13,15-16H2,1-3H3/t19-/m1/s1. The Morgan fingerprint density at radius 1 is 1.27 bits per heavy atom. The van der Waals surface area contributed by atoms with E-state index in [4.69, 9.17) is 9.47 Å². The molecule has 6 nitrogen and oxygen atoms in total. The van der Waals surface area contributed by atoms with Crippen LogP contribution in [-0.4, -0.2) is 61.6 Å². The molecule has 0 bridgehead atoms. The van der Waals surface area contributed by atoms with Gasteiger partial charge >= 0.3 is 0 Å². The number of rotatable bonds is 9. The molecule has 0 fully saturated rings. The van der Waals surface area contributed by atoms with Gasteiger partial charge < -0.3 is 19.3 Å². The van der Waals surface area contributed by atoms with Crippen molar-refractivity contribution < 1.29 is 19.1 Å². The van der Waals surface area contributed by atoms with Crippen molar-refractivity contribution in [3.63, 3.8) is 0 Å². The fraction of sp³-hybridized carbons (Fsp3) is 0.478. The molecule has 0 spiro atoms. The minimum atomic E-state index is -0.159. The van der Waals surface area contributed by atoms with Gasteiger partial charge in [-0.1, -0.05) is 25.1 Å². The molecule has 2 amide bonds. The molecule has 162 valence electrons. The molecule has 7 heteroatoms. The second kappa shape index (κ2) is 10.6. The van der Waals surface area contributed by atoms with Crippen LogP contribution in [0.3, 0.4) is 0 Å². The van der Waals surface area contributed by atoms with Crippen LogP contribution in [0.5, 0.6) is 5.75 Å². The molecular weight excluding hydrogens is 400 g/mol. The van der Waals surface area contributed by atoms with Gasteiger partial charge in [0, 0.05) is 31.5 Å². The van der Waals surface area contributed by atoms with Crippen LogP contribution in [0.25, 0.3) is 0 Å². The first-order valence-corrected chi connectivity index (χ1v) is 11.2. The highest BCUT2D eigenvalue weighted by Gasteiger charge is 2.33. The molecule has 3 rings (SSSR count). The lowest BCUT2D eigenvalue weighted by molar-refractivity contribution is -0.143. The van der Waals surface area contributed by atoms with Crippen molar-refractivity contribution in [2.45, 2.75) is 32.7 Å². The van der Waals surface area contributed by atoms with E-state index in [0.717, 1.165) is 23.3 Å². The summed E-state index contributed by atoms with van der Waals surface area (Å²) in [6, 6.07) is 9.82. The van der Waals surface area contributed by atoms with E-state index in [2.05, 4.69) is 11.4 Å². The summed E-state index contributed by atoms with van der Waals surface area (Å²) >= 11 is 1.73. The summed E-state index contributed by atoms with van der Waals surface area (Å²) in [4.78, 5) is 30.3. The molecular formula is C23H30N2O4S. The topological polar surface area (TPSA) is 59.1 Å². The number of hydrogen-bond acceptors (Lipinski definition) is 5. The van der Waals surface area contributed by atoms with Gasteiger partial charge in [-0.25, -0.2) is 0 Å². The summed E-state index contributed by atoms with van der Waals surface area (Å²) in [5.74, 6) is 0.736. The first kappa shape index (κ1) is 22.3. The Hall–Kier alpha value is -2.38. The van der Waals surface area contributed by atoms with Crippen LogP contribution in [0.1, 0.15) is 35.4 Å². The average Bonchev–Trinajstić information content (AvgIpc) is 3.24. The van der Waals surface area contributed by atoms with E-state index in [1.165, 1.54) is 4.88 Å². The lowest BCUT2D eigenvalue weighted by Gasteiger charge is -2.37. The van der Waals surface area contributed by atoms with Crippen molar-refractivity contribution in [3.8, 4) is 5.75 Å². The lowest BCUT2D eigenvalue weighted by Crippen LogP contribution is -2.48. The molecule has 2 aromatic rings. The summed E-state index contributed by atoms with van der Waals surface area (Å²) in [5.41, 5.74) is 2.22. The minimum absolute atomic E-state index is 0.0404. The molecule has 0 saturated carbocycles. The maximum Gasteiger partial charge on any atom is 0.242 e. The van der Waals surface area contributed by atoms with Gasteiger partial charge in [-0.3, -0.25) is 9.59 Å². The lowest BCUT2D eigenvalue weighted by atomic mass is 10.0. The molecule has 2 heterocycles. The Balaban J connectivity index is 1.76. The smallest absolute Gasteiger partial charge is 0.242 e. The Kier molecular flexibility index (Phi) is 7.87. The van der Waals surface area contributed by atoms with Crippen LogP contribution in [-0.2, 0) is 20.7 Å². The van der Waals surface area contributed by atoms with Crippen molar-refractivity contribution in [2.75, 3.05) is 40.0 Å². The van der Waals surface area contributed by atoms with Gasteiger partial charge in [0.05, 0.1) is 19.2 Å². The van der Waals surface area contributed by atoms with E-state index >= 15 is 0 Å². The average molecular weight is 431 g/mol. The van der Waals surface area contributed by atoms with Crippen LogP contribution in [0.15, 0.2) is 35.7 Å². The van der Waals surface area contributed by atoms with Crippen molar-refractivity contribution in [1.82, 2.24) is 9.80 Å². The normalized spacial score (nSPS) is 15.6. The van der Waals surface area contributed by atoms with Gasteiger partial charge in [0.25, 0.3) is 0 Å². The van der Waals surface area contributed by atoms with Gasteiger partial charge in [-0.2, -0.15) is 0 Å². The largest absolute Gasteiger partial charge is 0.491 e. The number of thiophene rings is 1. The number of carbonyl (C=O) groups excluding carboxylic acids is 2. The van der Waals surface area contributed by atoms with Crippen molar-refractivity contribution in [2.24, 2.45) is 0 Å². The number of nitrogens with zero attached hydrogens (tertiary/aromatic N) is 2. The third-order valence-corrected chi connectivity index (χ3v) is 6.45. The molecule has 1 aromatic heterocycles. The second-order valence-corrected chi connectivity index (χ2v) is 8.39. The zero-order chi connectivity index (χ0) is 21.5. The first-order valence-electron chi connectivity index (χ1n) is 10.4. The summed E-state index contributed by atoms with van der Waals surface area (Å²) in [7, 11) is 1.60. The summed E-state index contributed by atoms with van der Waals surface area (Å²) in [5, 5.41) is 2.07. The number of carbonyl (C=O) groups is 2. The fourth-order valence-electron chi connectivity index (χ4n) is 3.73. The minimum Gasteiger partial charge on any atom is -0.491 e. The number of benzene rings is 1. The summed E-state index contributed by atoms with van der Waals surface area (Å²) in [6.07, 6.45) is 1.20. The Labute approximate surface area is 182 Å². The van der Waals surface area contributed by atoms with E-state index in [0.29, 0.717) is 32.7 Å². The van der Waals surface area contributed by atoms with Crippen molar-refractivity contribution in [3.05, 3.63) is 51.7 Å². The summed E-state index contributed by atoms with van der Waals surface area (Å²) < 4.78 is 11.2. The fourth-order valence-corrected chi connectivity index (χ4v) is 4.66. The molecule has 30 heavy (non-hydrogen) atoms. The molecule has 0 N–H and O–H groups in total. The Morgan fingerprint density at radius 3 is 2.80 bits per heavy atom. The number of hydrogen-bond donors (Lipinski definition) is 0. The van der Waals surface area contributed by atoms with Crippen LogP contribution in [0.4, 0.5) is 0 Å². The quantitative estimate of drug-likeness (QED) is 0.611. The molecule has 1 aromatic carbocycles. The molecule has 0 radical (unpaired) electrons. The maximum atomic E-state index is 13.3. The van der Waals surface area contributed by atoms with Crippen LogP contribution in [0, 0.1) is 6.92 Å². The number of methoxy groups -OCH3 is 1. The maximum absolute atomic E-state index is 13.3. The Bertz CT molecular complexity index is 866. The number of para-hydroxylation sites is 1. The number of amides is 2. The predicted molar refractivity (Wildman–Crippen MR) is 118 cm³/mol. The third-order valence-electron chi connectivity index (χ3n) is 5.45. The van der Waals surface area contributed by atoms with Gasteiger partial charge in [0.1, 0.15) is 12.4 Å². The van der Waals surface area contributed by atoms with Crippen molar-refractivity contribution >= 4 is 23.2 Å². The number of aryl methyl sites for hydroxylation is 1. The second-order valence-electron chi connectivity index (χ2n) is 7.39. The van der Waals surface area contributed by atoms with Crippen molar-refractivity contribution in [1.29, 1.82) is 0 Å². The monoisotopic (exact) mass is 430 g/mol. The molecule has 0 aliphatic carbocycles. The molecule has 0 saturated heterocycles. The highest BCUT2D eigenvalue weighted by atomic mass is 32.1. The number of fused-ring (bicyclic) bond motifs is 1. The molecule has 1 atom stereocenters. The van der Waals surface area contributed by atoms with E-state index in [1.807, 2.05) is 43.0 Å². The highest BCUT2D eigenvalue weighted by molar-refractivity contribution is 7.10. The van der Waals surface area contributed by atoms with Gasteiger partial charge in [0.15, 0.2) is 0 Å². The SMILES string of the molecule is CCC(=O)N(CCOC)CC(=O)N1CCc2sccc2[C@H]1COc1ccccc1C. The van der Waals surface area contributed by atoms with E-state index < -0.39 is 0 Å². The predicted octanol–water partition coefficient (Wildman–Crippen LogP) is 3.45. The van der Waals surface area contributed by atoms with Gasteiger partial charge in [-0.05, 0) is 42.0 Å². The van der Waals surface area contributed by atoms with E-state index in [9.17, 15) is 9.59 Å². The van der Waals surface area contributed by atoms with E-state index in [1.54, 1.807) is 23.3 Å². The first-order chi connectivity index (χ1) is 14.5. The third kappa shape index (κ3) is 5.21. The number of ether oxygens (including phenoxy) is 2. The van der Waals surface area contributed by atoms with E-state index in [-0.39, 0.29) is 24.4 Å². The zero-order valence-corrected chi connectivity index (χ0v) is 18.7. The van der Waals surface area contributed by atoms with Crippen LogP contribution < -0.4 is 4.74 Å². The Morgan fingerprint density at radius 2 is 2.07 bits per heavy atom. The molecule has 1 aliphatic rings. The van der Waals surface area contributed by atoms with Gasteiger partial charge in [-0.15, -0.1) is 11.3 Å². The molecule has 0 unspecified atom stereocenters. The van der Waals surface area contributed by atoms with Gasteiger partial charge in [0.2, 0.25) is 11.8 Å². The molecule has 1 aliphatic heterocycles. The highest BCUT2D eigenvalue weighted by Crippen LogP contribution is 2.34.